The largest absolute Gasteiger partial charge is 0.391 e. The quantitative estimate of drug-likeness (QED) is 0.827. The van der Waals surface area contributed by atoms with Crippen LogP contribution >= 0.6 is 11.6 Å². The van der Waals surface area contributed by atoms with Crippen LogP contribution in [0, 0.1) is 5.92 Å². The molecule has 1 amide bonds. The number of pyridine rings is 1. The van der Waals surface area contributed by atoms with Crippen molar-refractivity contribution in [2.45, 2.75) is 25.0 Å². The molecule has 1 saturated heterocycles. The Kier molecular flexibility index (Phi) is 4.52. The van der Waals surface area contributed by atoms with Gasteiger partial charge >= 0.3 is 0 Å². The predicted molar refractivity (Wildman–Crippen MR) is 84.7 cm³/mol. The molecule has 1 aliphatic heterocycles. The molecule has 6 nitrogen and oxygen atoms in total. The number of aromatic nitrogens is 1. The molecule has 1 saturated carbocycles. The molecule has 3 N–H and O–H groups in total. The van der Waals surface area contributed by atoms with Crippen LogP contribution in [-0.2, 0) is 4.79 Å². The van der Waals surface area contributed by atoms with Gasteiger partial charge in [-0.05, 0) is 25.0 Å². The lowest BCUT2D eigenvalue weighted by Crippen LogP contribution is -2.50. The van der Waals surface area contributed by atoms with Crippen molar-refractivity contribution in [2.75, 3.05) is 31.1 Å². The summed E-state index contributed by atoms with van der Waals surface area (Å²) in [5.74, 6) is 0.739. The zero-order chi connectivity index (χ0) is 15.7. The number of nitrogens with two attached hydrogens (primary N) is 1. The molecule has 0 aromatic carbocycles. The molecule has 0 unspecified atom stereocenters. The molecule has 22 heavy (non-hydrogen) atoms. The van der Waals surface area contributed by atoms with Crippen LogP contribution in [0.25, 0.3) is 0 Å². The van der Waals surface area contributed by atoms with E-state index in [0.29, 0.717) is 44.0 Å². The normalized spacial score (nSPS) is 29.0. The van der Waals surface area contributed by atoms with E-state index in [1.165, 1.54) is 0 Å². The number of hydrogen-bond acceptors (Lipinski definition) is 5. The zero-order valence-electron chi connectivity index (χ0n) is 12.4. The van der Waals surface area contributed by atoms with Crippen molar-refractivity contribution in [3.05, 3.63) is 23.4 Å². The second-order valence-corrected chi connectivity index (χ2v) is 6.43. The number of halogens is 1. The molecule has 7 heteroatoms. The summed E-state index contributed by atoms with van der Waals surface area (Å²) in [5, 5.41) is 10.3. The maximum atomic E-state index is 12.5. The minimum atomic E-state index is -0.553. The molecule has 2 fully saturated rings. The van der Waals surface area contributed by atoms with Gasteiger partial charge in [0.15, 0.2) is 0 Å². The maximum Gasteiger partial charge on any atom is 0.225 e. The summed E-state index contributed by atoms with van der Waals surface area (Å²) in [4.78, 5) is 20.8. The molecule has 3 atom stereocenters. The number of hydrogen-bond donors (Lipinski definition) is 2. The topological polar surface area (TPSA) is 82.7 Å². The van der Waals surface area contributed by atoms with Crippen molar-refractivity contribution in [3.8, 4) is 0 Å². The lowest BCUT2D eigenvalue weighted by atomic mass is 10.1. The summed E-state index contributed by atoms with van der Waals surface area (Å²) in [6.07, 6.45) is 2.22. The molecule has 3 rings (SSSR count). The number of aliphatic hydroxyl groups is 1. The van der Waals surface area contributed by atoms with Gasteiger partial charge in [-0.1, -0.05) is 11.6 Å². The zero-order valence-corrected chi connectivity index (χ0v) is 13.1. The fraction of sp³-hybridized carbons (Fsp3) is 0.600. The van der Waals surface area contributed by atoms with Crippen LogP contribution in [0.2, 0.25) is 5.02 Å². The van der Waals surface area contributed by atoms with Crippen molar-refractivity contribution in [3.63, 3.8) is 0 Å². The Labute approximate surface area is 134 Å². The Morgan fingerprint density at radius 3 is 2.64 bits per heavy atom. The number of carbonyl (C=O) groups is 1. The number of aliphatic hydroxyl groups excluding tert-OH is 1. The summed E-state index contributed by atoms with van der Waals surface area (Å²) in [6.45, 7) is 2.72. The Bertz CT molecular complexity index is 538. The molecular formula is C15H21ClN4O2. The number of piperazine rings is 1. The Balaban J connectivity index is 1.58. The lowest BCUT2D eigenvalue weighted by molar-refractivity contribution is -0.135. The van der Waals surface area contributed by atoms with Gasteiger partial charge in [-0.25, -0.2) is 4.98 Å². The van der Waals surface area contributed by atoms with Gasteiger partial charge in [-0.15, -0.1) is 0 Å². The van der Waals surface area contributed by atoms with Gasteiger partial charge in [0, 0.05) is 44.3 Å². The summed E-state index contributed by atoms with van der Waals surface area (Å²) in [6, 6.07) is 3.35. The molecule has 1 aliphatic carbocycles. The minimum Gasteiger partial charge on any atom is -0.391 e. The average molecular weight is 325 g/mol. The third kappa shape index (κ3) is 3.04. The van der Waals surface area contributed by atoms with Gasteiger partial charge in [0.2, 0.25) is 5.91 Å². The summed E-state index contributed by atoms with van der Waals surface area (Å²) < 4.78 is 0. The van der Waals surface area contributed by atoms with E-state index in [1.54, 1.807) is 12.3 Å². The van der Waals surface area contributed by atoms with E-state index in [9.17, 15) is 9.90 Å². The Hall–Kier alpha value is -1.37. The average Bonchev–Trinajstić information content (AvgIpc) is 2.87. The lowest BCUT2D eigenvalue weighted by Gasteiger charge is -2.36. The van der Waals surface area contributed by atoms with Crippen molar-refractivity contribution in [1.29, 1.82) is 0 Å². The molecular weight excluding hydrogens is 304 g/mol. The minimum absolute atomic E-state index is 0.110. The van der Waals surface area contributed by atoms with E-state index >= 15 is 0 Å². The van der Waals surface area contributed by atoms with Gasteiger partial charge in [0.05, 0.1) is 11.1 Å². The van der Waals surface area contributed by atoms with Crippen molar-refractivity contribution < 1.29 is 9.90 Å². The van der Waals surface area contributed by atoms with E-state index in [2.05, 4.69) is 9.88 Å². The van der Waals surface area contributed by atoms with Crippen LogP contribution < -0.4 is 10.6 Å². The van der Waals surface area contributed by atoms with Crippen LogP contribution in [-0.4, -0.2) is 59.2 Å². The van der Waals surface area contributed by atoms with Crippen molar-refractivity contribution in [1.82, 2.24) is 9.88 Å². The number of amides is 1. The molecule has 2 aliphatic rings. The van der Waals surface area contributed by atoms with Gasteiger partial charge in [-0.2, -0.15) is 0 Å². The first-order chi connectivity index (χ1) is 10.6. The number of anilines is 1. The second-order valence-electron chi connectivity index (χ2n) is 6.02. The van der Waals surface area contributed by atoms with Crippen molar-refractivity contribution in [2.24, 2.45) is 11.7 Å². The summed E-state index contributed by atoms with van der Waals surface area (Å²) in [5.41, 5.74) is 5.80. The van der Waals surface area contributed by atoms with Gasteiger partial charge in [0.1, 0.15) is 5.82 Å². The monoisotopic (exact) mass is 324 g/mol. The number of carbonyl (C=O) groups excluding carboxylic acids is 1. The first-order valence-electron chi connectivity index (χ1n) is 7.64. The molecule has 0 spiro atoms. The molecule has 2 heterocycles. The highest BCUT2D eigenvalue weighted by Crippen LogP contribution is 2.28. The maximum absolute atomic E-state index is 12.5. The SMILES string of the molecule is N[C@H]1C[C@H](C(=O)N2CCN(c3ncccc3Cl)CC2)C[C@@H]1O. The third-order valence-corrected chi connectivity index (χ3v) is 4.85. The molecule has 0 radical (unpaired) electrons. The molecule has 1 aromatic rings. The van der Waals surface area contributed by atoms with Crippen LogP contribution in [0.4, 0.5) is 5.82 Å². The molecule has 120 valence electrons. The van der Waals surface area contributed by atoms with Crippen LogP contribution in [0.3, 0.4) is 0 Å². The first kappa shape index (κ1) is 15.5. The molecule has 1 aromatic heterocycles. The first-order valence-corrected chi connectivity index (χ1v) is 8.02. The third-order valence-electron chi connectivity index (χ3n) is 4.56. The second kappa shape index (κ2) is 6.40. The smallest absolute Gasteiger partial charge is 0.225 e. The van der Waals surface area contributed by atoms with Gasteiger partial charge in [0.25, 0.3) is 0 Å². The summed E-state index contributed by atoms with van der Waals surface area (Å²) >= 11 is 6.17. The van der Waals surface area contributed by atoms with E-state index in [0.717, 1.165) is 5.82 Å². The number of rotatable bonds is 2. The summed E-state index contributed by atoms with van der Waals surface area (Å²) in [7, 11) is 0. The van der Waals surface area contributed by atoms with E-state index in [1.807, 2.05) is 11.0 Å². The Morgan fingerprint density at radius 1 is 1.32 bits per heavy atom. The van der Waals surface area contributed by atoms with Gasteiger partial charge in [-0.3, -0.25) is 4.79 Å². The van der Waals surface area contributed by atoms with Gasteiger partial charge < -0.3 is 20.6 Å². The molecule has 0 bridgehead atoms. The van der Waals surface area contributed by atoms with E-state index in [-0.39, 0.29) is 17.9 Å². The van der Waals surface area contributed by atoms with E-state index < -0.39 is 6.10 Å². The van der Waals surface area contributed by atoms with Crippen LogP contribution in [0.5, 0.6) is 0 Å². The van der Waals surface area contributed by atoms with Crippen molar-refractivity contribution >= 4 is 23.3 Å². The highest BCUT2D eigenvalue weighted by molar-refractivity contribution is 6.32. The van der Waals surface area contributed by atoms with Crippen LogP contribution in [0.1, 0.15) is 12.8 Å². The highest BCUT2D eigenvalue weighted by Gasteiger charge is 2.37. The fourth-order valence-corrected chi connectivity index (χ4v) is 3.50. The van der Waals surface area contributed by atoms with Crippen LogP contribution in [0.15, 0.2) is 18.3 Å². The highest BCUT2D eigenvalue weighted by atomic mass is 35.5. The fourth-order valence-electron chi connectivity index (χ4n) is 3.26. The standard InChI is InChI=1S/C15H21ClN4O2/c16-11-2-1-3-18-14(11)19-4-6-20(7-5-19)15(22)10-8-12(17)13(21)9-10/h1-3,10,12-13,21H,4-9,17H2/t10-,12-,13-/m0/s1. The predicted octanol–water partition coefficient (Wildman–Crippen LogP) is 0.482. The Morgan fingerprint density at radius 2 is 2.05 bits per heavy atom. The van der Waals surface area contributed by atoms with E-state index in [4.69, 9.17) is 17.3 Å². The number of nitrogens with zero attached hydrogens (tertiary/aromatic N) is 3.